The molecule has 0 heterocycles. The molecule has 20 heavy (non-hydrogen) atoms. The fourth-order valence-electron chi connectivity index (χ4n) is 2.04. The number of hydrogen-bond donors (Lipinski definition) is 1. The maximum absolute atomic E-state index is 13.4. The average Bonchev–Trinajstić information content (AvgIpc) is 2.42. The van der Waals surface area contributed by atoms with E-state index in [2.05, 4.69) is 0 Å². The van der Waals surface area contributed by atoms with Gasteiger partial charge < -0.3 is 10.5 Å². The van der Waals surface area contributed by atoms with Crippen molar-refractivity contribution in [2.45, 2.75) is 13.0 Å². The van der Waals surface area contributed by atoms with E-state index in [1.807, 2.05) is 19.1 Å². The molecule has 0 saturated heterocycles. The Balaban J connectivity index is 2.54. The molecule has 106 valence electrons. The van der Waals surface area contributed by atoms with Crippen molar-refractivity contribution in [3.8, 4) is 5.75 Å². The van der Waals surface area contributed by atoms with Crippen LogP contribution in [0.3, 0.4) is 0 Å². The molecule has 0 aliphatic carbocycles. The predicted octanol–water partition coefficient (Wildman–Crippen LogP) is 3.98. The van der Waals surface area contributed by atoms with Crippen LogP contribution in [0.2, 0.25) is 5.02 Å². The lowest BCUT2D eigenvalue weighted by atomic mass is 9.97. The Bertz CT molecular complexity index is 646. The highest BCUT2D eigenvalue weighted by molar-refractivity contribution is 6.31. The first-order valence-electron chi connectivity index (χ1n) is 5.98. The Labute approximate surface area is 121 Å². The highest BCUT2D eigenvalue weighted by atomic mass is 35.5. The Morgan fingerprint density at radius 2 is 1.75 bits per heavy atom. The molecular weight excluding hydrogens is 284 g/mol. The van der Waals surface area contributed by atoms with Crippen molar-refractivity contribution in [3.63, 3.8) is 0 Å². The summed E-state index contributed by atoms with van der Waals surface area (Å²) in [4.78, 5) is 0. The molecule has 5 heteroatoms. The maximum Gasteiger partial charge on any atom is 0.160 e. The Morgan fingerprint density at radius 1 is 1.10 bits per heavy atom. The van der Waals surface area contributed by atoms with Crippen LogP contribution in [0.15, 0.2) is 30.3 Å². The lowest BCUT2D eigenvalue weighted by Gasteiger charge is -2.18. The van der Waals surface area contributed by atoms with Crippen molar-refractivity contribution in [3.05, 3.63) is 63.7 Å². The van der Waals surface area contributed by atoms with E-state index in [-0.39, 0.29) is 5.02 Å². The molecule has 0 aliphatic rings. The normalized spacial score (nSPS) is 12.3. The summed E-state index contributed by atoms with van der Waals surface area (Å²) in [5, 5.41) is 0.0833. The van der Waals surface area contributed by atoms with Crippen LogP contribution in [-0.2, 0) is 0 Å². The molecule has 0 aromatic heterocycles. The third-order valence-corrected chi connectivity index (χ3v) is 3.42. The summed E-state index contributed by atoms with van der Waals surface area (Å²) in [6.07, 6.45) is 0. The molecule has 0 saturated carbocycles. The summed E-state index contributed by atoms with van der Waals surface area (Å²) >= 11 is 5.95. The van der Waals surface area contributed by atoms with Crippen molar-refractivity contribution in [2.24, 2.45) is 5.73 Å². The van der Waals surface area contributed by atoms with E-state index < -0.39 is 17.7 Å². The Hall–Kier alpha value is -1.65. The molecule has 0 amide bonds. The number of nitrogens with two attached hydrogens (primary N) is 1. The van der Waals surface area contributed by atoms with Crippen LogP contribution < -0.4 is 10.5 Å². The largest absolute Gasteiger partial charge is 0.496 e. The third kappa shape index (κ3) is 2.76. The maximum atomic E-state index is 13.4. The molecular formula is C15H14ClF2NO. The zero-order valence-electron chi connectivity index (χ0n) is 11.1. The highest BCUT2D eigenvalue weighted by Gasteiger charge is 2.19. The van der Waals surface area contributed by atoms with E-state index in [1.54, 1.807) is 6.07 Å². The summed E-state index contributed by atoms with van der Waals surface area (Å²) in [6.45, 7) is 1.91. The molecule has 0 spiro atoms. The summed E-state index contributed by atoms with van der Waals surface area (Å²) in [7, 11) is 1.52. The number of ether oxygens (including phenoxy) is 1. The summed E-state index contributed by atoms with van der Waals surface area (Å²) in [6, 6.07) is 6.73. The standard InChI is InChI=1S/C15H14ClF2NO/c1-8-3-4-14(20-2)10(5-8)15(19)9-6-12(17)13(18)7-11(9)16/h3-7,15H,19H2,1-2H3. The van der Waals surface area contributed by atoms with Gasteiger partial charge in [0.25, 0.3) is 0 Å². The van der Waals surface area contributed by atoms with Gasteiger partial charge >= 0.3 is 0 Å². The lowest BCUT2D eigenvalue weighted by Crippen LogP contribution is -2.14. The van der Waals surface area contributed by atoms with E-state index in [9.17, 15) is 8.78 Å². The lowest BCUT2D eigenvalue weighted by molar-refractivity contribution is 0.407. The average molecular weight is 298 g/mol. The first kappa shape index (κ1) is 14.8. The second kappa shape index (κ2) is 5.77. The minimum absolute atomic E-state index is 0.0833. The number of hydrogen-bond acceptors (Lipinski definition) is 2. The quantitative estimate of drug-likeness (QED) is 0.870. The summed E-state index contributed by atoms with van der Waals surface area (Å²) in [5.41, 5.74) is 8.09. The van der Waals surface area contributed by atoms with E-state index in [0.717, 1.165) is 17.7 Å². The molecule has 2 aromatic rings. The Kier molecular flexibility index (Phi) is 4.26. The van der Waals surface area contributed by atoms with Crippen LogP contribution in [-0.4, -0.2) is 7.11 Å². The highest BCUT2D eigenvalue weighted by Crippen LogP contribution is 2.33. The SMILES string of the molecule is COc1ccc(C)cc1C(N)c1cc(F)c(F)cc1Cl. The van der Waals surface area contributed by atoms with Gasteiger partial charge in [-0.15, -0.1) is 0 Å². The van der Waals surface area contributed by atoms with Gasteiger partial charge in [0.15, 0.2) is 11.6 Å². The van der Waals surface area contributed by atoms with Crippen LogP contribution in [0.4, 0.5) is 8.78 Å². The number of benzene rings is 2. The molecule has 2 aromatic carbocycles. The van der Waals surface area contributed by atoms with Gasteiger partial charge in [-0.05, 0) is 30.7 Å². The number of aryl methyl sites for hydroxylation is 1. The third-order valence-electron chi connectivity index (χ3n) is 3.09. The molecule has 0 bridgehead atoms. The van der Waals surface area contributed by atoms with Crippen LogP contribution in [0, 0.1) is 18.6 Å². The van der Waals surface area contributed by atoms with Gasteiger partial charge in [0.05, 0.1) is 13.2 Å². The first-order chi connectivity index (χ1) is 9.43. The van der Waals surface area contributed by atoms with Crippen LogP contribution in [0.1, 0.15) is 22.7 Å². The van der Waals surface area contributed by atoms with Crippen molar-refractivity contribution in [1.29, 1.82) is 0 Å². The van der Waals surface area contributed by atoms with Crippen LogP contribution in [0.5, 0.6) is 5.75 Å². The molecule has 1 atom stereocenters. The van der Waals surface area contributed by atoms with E-state index in [0.29, 0.717) is 16.9 Å². The second-order valence-electron chi connectivity index (χ2n) is 4.51. The fourth-order valence-corrected chi connectivity index (χ4v) is 2.31. The number of methoxy groups -OCH3 is 1. The molecule has 0 radical (unpaired) electrons. The van der Waals surface area contributed by atoms with Crippen LogP contribution >= 0.6 is 11.6 Å². The van der Waals surface area contributed by atoms with E-state index in [4.69, 9.17) is 22.1 Å². The zero-order chi connectivity index (χ0) is 14.9. The van der Waals surface area contributed by atoms with Crippen molar-refractivity contribution in [1.82, 2.24) is 0 Å². The number of halogens is 3. The van der Waals surface area contributed by atoms with Gasteiger partial charge in [0, 0.05) is 10.6 Å². The molecule has 0 aliphatic heterocycles. The van der Waals surface area contributed by atoms with Gasteiger partial charge in [-0.3, -0.25) is 0 Å². The summed E-state index contributed by atoms with van der Waals surface area (Å²) < 4.78 is 31.7. The van der Waals surface area contributed by atoms with Gasteiger partial charge in [-0.2, -0.15) is 0 Å². The molecule has 1 unspecified atom stereocenters. The topological polar surface area (TPSA) is 35.2 Å². The first-order valence-corrected chi connectivity index (χ1v) is 6.36. The van der Waals surface area contributed by atoms with Gasteiger partial charge in [0.2, 0.25) is 0 Å². The zero-order valence-corrected chi connectivity index (χ0v) is 11.8. The van der Waals surface area contributed by atoms with Crippen molar-refractivity contribution in [2.75, 3.05) is 7.11 Å². The van der Waals surface area contributed by atoms with E-state index in [1.165, 1.54) is 7.11 Å². The minimum Gasteiger partial charge on any atom is -0.496 e. The minimum atomic E-state index is -0.998. The monoisotopic (exact) mass is 297 g/mol. The van der Waals surface area contributed by atoms with Crippen molar-refractivity contribution < 1.29 is 13.5 Å². The molecule has 2 nitrogen and oxygen atoms in total. The predicted molar refractivity (Wildman–Crippen MR) is 75.1 cm³/mol. The summed E-state index contributed by atoms with van der Waals surface area (Å²) in [5.74, 6) is -1.41. The Morgan fingerprint density at radius 3 is 2.40 bits per heavy atom. The van der Waals surface area contributed by atoms with Gasteiger partial charge in [0.1, 0.15) is 5.75 Å². The van der Waals surface area contributed by atoms with Gasteiger partial charge in [-0.25, -0.2) is 8.78 Å². The smallest absolute Gasteiger partial charge is 0.160 e. The van der Waals surface area contributed by atoms with E-state index >= 15 is 0 Å². The molecule has 2 N–H and O–H groups in total. The number of rotatable bonds is 3. The van der Waals surface area contributed by atoms with Gasteiger partial charge in [-0.1, -0.05) is 29.3 Å². The molecule has 2 rings (SSSR count). The molecule has 0 fully saturated rings. The van der Waals surface area contributed by atoms with Crippen molar-refractivity contribution >= 4 is 11.6 Å². The second-order valence-corrected chi connectivity index (χ2v) is 4.92. The van der Waals surface area contributed by atoms with Crippen LogP contribution in [0.25, 0.3) is 0 Å². The fraction of sp³-hybridized carbons (Fsp3) is 0.200.